The van der Waals surface area contributed by atoms with Crippen molar-refractivity contribution in [1.29, 1.82) is 0 Å². The van der Waals surface area contributed by atoms with Gasteiger partial charge in [-0.15, -0.1) is 0 Å². The molecule has 40 heavy (non-hydrogen) atoms. The van der Waals surface area contributed by atoms with Gasteiger partial charge in [-0.2, -0.15) is 11.8 Å². The van der Waals surface area contributed by atoms with E-state index in [1.165, 1.54) is 7.11 Å². The first-order valence-electron chi connectivity index (χ1n) is 14.0. The van der Waals surface area contributed by atoms with Crippen LogP contribution in [0.15, 0.2) is 18.2 Å². The molecule has 0 aliphatic heterocycles. The Bertz CT molecular complexity index is 979. The van der Waals surface area contributed by atoms with Crippen molar-refractivity contribution < 1.29 is 28.7 Å². The Morgan fingerprint density at radius 1 is 1.05 bits per heavy atom. The molecular formula is C30H49N3O6S. The third-order valence-corrected chi connectivity index (χ3v) is 6.95. The zero-order valence-electron chi connectivity index (χ0n) is 25.6. The number of hydrogen-bond acceptors (Lipinski definition) is 7. The molecule has 2 unspecified atom stereocenters. The Kier molecular flexibility index (Phi) is 15.7. The van der Waals surface area contributed by atoms with Crippen molar-refractivity contribution in [3.8, 4) is 0 Å². The van der Waals surface area contributed by atoms with Gasteiger partial charge in [-0.05, 0) is 70.6 Å². The molecule has 0 aromatic heterocycles. The van der Waals surface area contributed by atoms with Crippen LogP contribution in [0.5, 0.6) is 0 Å². The van der Waals surface area contributed by atoms with Gasteiger partial charge in [0.1, 0.15) is 24.2 Å². The standard InChI is InChI=1S/C30H49N3O6S/c1-9-10-11-12-13-17-33(28(36)24(16-18-40-8)32-29(37)39-30(4,5)6)26(27(35)31-20-25(34)38-7)23-19-21(2)14-15-22(23)3/h14-15,19,24,26H,9-13,16-18,20H2,1-8H3,(H,31,35)(H,32,37). The van der Waals surface area contributed by atoms with Crippen LogP contribution in [0.3, 0.4) is 0 Å². The van der Waals surface area contributed by atoms with E-state index in [1.54, 1.807) is 37.4 Å². The summed E-state index contributed by atoms with van der Waals surface area (Å²) in [7, 11) is 1.25. The van der Waals surface area contributed by atoms with Crippen LogP contribution in [0.4, 0.5) is 4.79 Å². The molecule has 3 amide bonds. The number of thioether (sulfide) groups is 1. The van der Waals surface area contributed by atoms with Gasteiger partial charge >= 0.3 is 12.1 Å². The summed E-state index contributed by atoms with van der Waals surface area (Å²) in [5.41, 5.74) is 1.72. The average Bonchev–Trinajstić information content (AvgIpc) is 2.88. The van der Waals surface area contributed by atoms with Gasteiger partial charge in [0.15, 0.2) is 0 Å². The van der Waals surface area contributed by atoms with Gasteiger partial charge in [0.2, 0.25) is 11.8 Å². The van der Waals surface area contributed by atoms with Crippen LogP contribution in [0.2, 0.25) is 0 Å². The fraction of sp³-hybridized carbons (Fsp3) is 0.667. The predicted octanol–water partition coefficient (Wildman–Crippen LogP) is 5.08. The number of carbonyl (C=O) groups excluding carboxylic acids is 4. The van der Waals surface area contributed by atoms with E-state index in [1.807, 2.05) is 38.3 Å². The highest BCUT2D eigenvalue weighted by molar-refractivity contribution is 7.98. The number of aryl methyl sites for hydroxylation is 2. The monoisotopic (exact) mass is 579 g/mol. The molecule has 1 aromatic carbocycles. The molecule has 0 saturated heterocycles. The summed E-state index contributed by atoms with van der Waals surface area (Å²) >= 11 is 1.56. The quantitative estimate of drug-likeness (QED) is 0.207. The lowest BCUT2D eigenvalue weighted by molar-refractivity contribution is -0.144. The number of ether oxygens (including phenoxy) is 2. The first kappa shape index (κ1) is 35.3. The SMILES string of the molecule is CCCCCCCN(C(=O)C(CCSC)NC(=O)OC(C)(C)C)C(C(=O)NCC(=O)OC)c1cc(C)ccc1C. The topological polar surface area (TPSA) is 114 Å². The number of amides is 3. The number of unbranched alkanes of at least 4 members (excludes halogenated alkanes) is 4. The van der Waals surface area contributed by atoms with Crippen LogP contribution in [-0.4, -0.2) is 72.6 Å². The largest absolute Gasteiger partial charge is 0.468 e. The highest BCUT2D eigenvalue weighted by atomic mass is 32.2. The summed E-state index contributed by atoms with van der Waals surface area (Å²) in [4.78, 5) is 54.1. The minimum absolute atomic E-state index is 0.317. The van der Waals surface area contributed by atoms with E-state index in [-0.39, 0.29) is 12.5 Å². The number of benzene rings is 1. The van der Waals surface area contributed by atoms with Crippen LogP contribution in [0.1, 0.15) is 89.0 Å². The zero-order chi connectivity index (χ0) is 30.3. The number of alkyl carbamates (subject to hydrolysis) is 1. The summed E-state index contributed by atoms with van der Waals surface area (Å²) in [5, 5.41) is 5.41. The molecule has 1 rings (SSSR count). The molecule has 2 N–H and O–H groups in total. The Morgan fingerprint density at radius 2 is 1.73 bits per heavy atom. The molecule has 0 saturated carbocycles. The maximum Gasteiger partial charge on any atom is 0.408 e. The van der Waals surface area contributed by atoms with Crippen LogP contribution >= 0.6 is 11.8 Å². The van der Waals surface area contributed by atoms with Gasteiger partial charge in [-0.25, -0.2) is 4.79 Å². The van der Waals surface area contributed by atoms with E-state index >= 15 is 0 Å². The summed E-state index contributed by atoms with van der Waals surface area (Å²) in [6.07, 6.45) is 6.40. The zero-order valence-corrected chi connectivity index (χ0v) is 26.4. The summed E-state index contributed by atoms with van der Waals surface area (Å²) in [6, 6.07) is 3.87. The van der Waals surface area contributed by atoms with Crippen molar-refractivity contribution in [2.24, 2.45) is 0 Å². The van der Waals surface area contributed by atoms with Crippen molar-refractivity contribution in [2.75, 3.05) is 32.2 Å². The summed E-state index contributed by atoms with van der Waals surface area (Å²) < 4.78 is 10.2. The van der Waals surface area contributed by atoms with Crippen LogP contribution < -0.4 is 10.6 Å². The molecule has 0 bridgehead atoms. The highest BCUT2D eigenvalue weighted by Gasteiger charge is 2.36. The molecule has 0 radical (unpaired) electrons. The van der Waals surface area contributed by atoms with Gasteiger partial charge in [0.05, 0.1) is 7.11 Å². The van der Waals surface area contributed by atoms with E-state index in [4.69, 9.17) is 9.47 Å². The number of hydrogen-bond donors (Lipinski definition) is 2. The molecule has 0 aliphatic rings. The van der Waals surface area contributed by atoms with Crippen LogP contribution in [0.25, 0.3) is 0 Å². The van der Waals surface area contributed by atoms with Crippen LogP contribution in [-0.2, 0) is 23.9 Å². The molecular weight excluding hydrogens is 530 g/mol. The fourth-order valence-corrected chi connectivity index (χ4v) is 4.70. The minimum atomic E-state index is -1.000. The maximum absolute atomic E-state index is 14.3. The van der Waals surface area contributed by atoms with Gasteiger partial charge in [-0.3, -0.25) is 14.4 Å². The average molecular weight is 580 g/mol. The van der Waals surface area contributed by atoms with E-state index in [0.29, 0.717) is 30.7 Å². The molecule has 2 atom stereocenters. The highest BCUT2D eigenvalue weighted by Crippen LogP contribution is 2.28. The molecule has 0 spiro atoms. The third kappa shape index (κ3) is 12.6. The number of esters is 1. The number of nitrogens with zero attached hydrogens (tertiary/aromatic N) is 1. The number of methoxy groups -OCH3 is 1. The van der Waals surface area contributed by atoms with E-state index < -0.39 is 35.7 Å². The smallest absolute Gasteiger partial charge is 0.408 e. The van der Waals surface area contributed by atoms with E-state index in [2.05, 4.69) is 17.6 Å². The third-order valence-electron chi connectivity index (χ3n) is 6.31. The summed E-state index contributed by atoms with van der Waals surface area (Å²) in [6.45, 7) is 11.2. The van der Waals surface area contributed by atoms with Crippen molar-refractivity contribution in [2.45, 2.75) is 97.8 Å². The predicted molar refractivity (Wildman–Crippen MR) is 160 cm³/mol. The Labute approximate surface area is 244 Å². The lowest BCUT2D eigenvalue weighted by Gasteiger charge is -2.35. The van der Waals surface area contributed by atoms with E-state index in [9.17, 15) is 19.2 Å². The first-order valence-corrected chi connectivity index (χ1v) is 15.4. The second kappa shape index (κ2) is 17.8. The number of nitrogens with one attached hydrogen (secondary N) is 2. The van der Waals surface area contributed by atoms with Gasteiger partial charge < -0.3 is 25.0 Å². The molecule has 0 heterocycles. The molecule has 226 valence electrons. The maximum atomic E-state index is 14.3. The molecule has 0 fully saturated rings. The first-order chi connectivity index (χ1) is 18.8. The van der Waals surface area contributed by atoms with Gasteiger partial charge in [-0.1, -0.05) is 56.4 Å². The van der Waals surface area contributed by atoms with Crippen molar-refractivity contribution in [1.82, 2.24) is 15.5 Å². The number of rotatable bonds is 16. The Hall–Kier alpha value is -2.75. The molecule has 1 aromatic rings. The van der Waals surface area contributed by atoms with E-state index in [0.717, 1.165) is 36.8 Å². The second-order valence-corrected chi connectivity index (χ2v) is 12.0. The van der Waals surface area contributed by atoms with Gasteiger partial charge in [0, 0.05) is 6.54 Å². The second-order valence-electron chi connectivity index (χ2n) is 11.0. The van der Waals surface area contributed by atoms with Crippen molar-refractivity contribution >= 4 is 35.6 Å². The van der Waals surface area contributed by atoms with Crippen LogP contribution in [0, 0.1) is 13.8 Å². The lowest BCUT2D eigenvalue weighted by atomic mass is 9.95. The molecule has 10 heteroatoms. The molecule has 0 aliphatic carbocycles. The van der Waals surface area contributed by atoms with Crippen molar-refractivity contribution in [3.05, 3.63) is 34.9 Å². The number of carbonyl (C=O) groups is 4. The summed E-state index contributed by atoms with van der Waals surface area (Å²) in [5.74, 6) is -0.814. The normalized spacial score (nSPS) is 12.7. The fourth-order valence-electron chi connectivity index (χ4n) is 4.23. The Balaban J connectivity index is 3.54. The Morgan fingerprint density at radius 3 is 2.33 bits per heavy atom. The molecule has 9 nitrogen and oxygen atoms in total. The minimum Gasteiger partial charge on any atom is -0.468 e. The van der Waals surface area contributed by atoms with Gasteiger partial charge in [0.25, 0.3) is 0 Å². The lowest BCUT2D eigenvalue weighted by Crippen LogP contribution is -2.53. The van der Waals surface area contributed by atoms with Crippen molar-refractivity contribution in [3.63, 3.8) is 0 Å².